The number of halogens is 1. The predicted octanol–water partition coefficient (Wildman–Crippen LogP) is 4.92. The molecule has 1 atom stereocenters. The molecule has 0 fully saturated rings. The van der Waals surface area contributed by atoms with E-state index in [4.69, 9.17) is 14.2 Å². The summed E-state index contributed by atoms with van der Waals surface area (Å²) in [4.78, 5) is 0. The zero-order chi connectivity index (χ0) is 24.1. The third-order valence-corrected chi connectivity index (χ3v) is 6.21. The second-order valence-corrected chi connectivity index (χ2v) is 8.23. The van der Waals surface area contributed by atoms with Crippen LogP contribution in [0.5, 0.6) is 17.2 Å². The molecule has 176 valence electrons. The maximum absolute atomic E-state index is 14.9. The standard InChI is InChI=1S/C25H24FN3O4S/c1-31-21-13-17(14-22(32-2)23(21)33-3)24-27-28-25(29(24)19-12-8-7-11-18(19)26)34-15-20(30)16-9-5-4-6-10-16/h4-14,20,30H,15H2,1-3H3/t20-/m0/s1. The first kappa shape index (κ1) is 23.6. The molecule has 0 aliphatic rings. The van der Waals surface area contributed by atoms with E-state index in [0.29, 0.717) is 39.5 Å². The van der Waals surface area contributed by atoms with Crippen LogP contribution in [0.25, 0.3) is 17.1 Å². The number of hydrogen-bond donors (Lipinski definition) is 1. The van der Waals surface area contributed by atoms with Crippen molar-refractivity contribution >= 4 is 11.8 Å². The number of hydrogen-bond acceptors (Lipinski definition) is 7. The molecule has 0 aliphatic heterocycles. The van der Waals surface area contributed by atoms with Crippen molar-refractivity contribution in [2.24, 2.45) is 0 Å². The molecule has 0 saturated heterocycles. The molecule has 34 heavy (non-hydrogen) atoms. The van der Waals surface area contributed by atoms with E-state index < -0.39 is 11.9 Å². The minimum absolute atomic E-state index is 0.285. The molecule has 4 aromatic rings. The molecule has 0 aliphatic carbocycles. The van der Waals surface area contributed by atoms with E-state index in [1.165, 1.54) is 39.2 Å². The number of thioether (sulfide) groups is 1. The number of aromatic nitrogens is 3. The van der Waals surface area contributed by atoms with Crippen molar-refractivity contribution in [1.82, 2.24) is 14.8 Å². The van der Waals surface area contributed by atoms with Crippen LogP contribution in [0.4, 0.5) is 4.39 Å². The van der Waals surface area contributed by atoms with Gasteiger partial charge in [0.2, 0.25) is 5.75 Å². The van der Waals surface area contributed by atoms with Crippen molar-refractivity contribution in [3.63, 3.8) is 0 Å². The summed E-state index contributed by atoms with van der Waals surface area (Å²) in [5.74, 6) is 1.59. The Bertz CT molecular complexity index is 1240. The van der Waals surface area contributed by atoms with Gasteiger partial charge >= 0.3 is 0 Å². The summed E-state index contributed by atoms with van der Waals surface area (Å²) >= 11 is 1.28. The molecule has 1 aromatic heterocycles. The summed E-state index contributed by atoms with van der Waals surface area (Å²) in [7, 11) is 4.57. The Balaban J connectivity index is 1.79. The van der Waals surface area contributed by atoms with E-state index >= 15 is 0 Å². The van der Waals surface area contributed by atoms with Crippen LogP contribution in [0, 0.1) is 5.82 Å². The molecular weight excluding hydrogens is 457 g/mol. The van der Waals surface area contributed by atoms with E-state index in [1.54, 1.807) is 34.9 Å². The normalized spacial score (nSPS) is 11.8. The Morgan fingerprint density at radius 2 is 1.56 bits per heavy atom. The first-order chi connectivity index (χ1) is 16.6. The van der Waals surface area contributed by atoms with Crippen LogP contribution in [0.1, 0.15) is 11.7 Å². The first-order valence-corrected chi connectivity index (χ1v) is 11.4. The van der Waals surface area contributed by atoms with Crippen LogP contribution in [0.2, 0.25) is 0 Å². The lowest BCUT2D eigenvalue weighted by Crippen LogP contribution is -2.05. The van der Waals surface area contributed by atoms with Gasteiger partial charge in [-0.05, 0) is 29.8 Å². The first-order valence-electron chi connectivity index (χ1n) is 10.4. The van der Waals surface area contributed by atoms with Gasteiger partial charge in [0.05, 0.1) is 33.1 Å². The van der Waals surface area contributed by atoms with E-state index in [9.17, 15) is 9.50 Å². The molecule has 0 unspecified atom stereocenters. The molecule has 0 radical (unpaired) electrons. The molecule has 0 spiro atoms. The lowest BCUT2D eigenvalue weighted by Gasteiger charge is -2.16. The average Bonchev–Trinajstić information content (AvgIpc) is 3.30. The molecule has 1 heterocycles. The van der Waals surface area contributed by atoms with Crippen molar-refractivity contribution < 1.29 is 23.7 Å². The van der Waals surface area contributed by atoms with Gasteiger partial charge in [-0.2, -0.15) is 0 Å². The molecular formula is C25H24FN3O4S. The number of rotatable bonds is 9. The minimum atomic E-state index is -0.721. The van der Waals surface area contributed by atoms with E-state index in [2.05, 4.69) is 10.2 Å². The molecule has 0 amide bonds. The molecule has 3 aromatic carbocycles. The molecule has 9 heteroatoms. The van der Waals surface area contributed by atoms with Gasteiger partial charge in [0, 0.05) is 11.3 Å². The molecule has 1 N–H and O–H groups in total. The van der Waals surface area contributed by atoms with Crippen molar-refractivity contribution in [2.45, 2.75) is 11.3 Å². The minimum Gasteiger partial charge on any atom is -0.493 e. The third kappa shape index (κ3) is 4.71. The number of para-hydroxylation sites is 1. The number of ether oxygens (including phenoxy) is 3. The van der Waals surface area contributed by atoms with Crippen LogP contribution in [0.3, 0.4) is 0 Å². The lowest BCUT2D eigenvalue weighted by molar-refractivity contribution is 0.204. The van der Waals surface area contributed by atoms with Crippen LogP contribution >= 0.6 is 11.8 Å². The number of aliphatic hydroxyl groups is 1. The summed E-state index contributed by atoms with van der Waals surface area (Å²) in [6.07, 6.45) is -0.721. The summed E-state index contributed by atoms with van der Waals surface area (Å²) in [5, 5.41) is 19.7. The quantitative estimate of drug-likeness (QED) is 0.340. The second-order valence-electron chi connectivity index (χ2n) is 7.24. The lowest BCUT2D eigenvalue weighted by atomic mass is 10.1. The Labute approximate surface area is 201 Å². The zero-order valence-electron chi connectivity index (χ0n) is 18.9. The Hall–Kier alpha value is -3.56. The monoisotopic (exact) mass is 481 g/mol. The number of nitrogens with zero attached hydrogens (tertiary/aromatic N) is 3. The number of benzene rings is 3. The summed E-state index contributed by atoms with van der Waals surface area (Å²) in [5.41, 5.74) is 1.67. The topological polar surface area (TPSA) is 78.6 Å². The number of aliphatic hydroxyl groups excluding tert-OH is 1. The largest absolute Gasteiger partial charge is 0.493 e. The average molecular weight is 482 g/mol. The highest BCUT2D eigenvalue weighted by Crippen LogP contribution is 2.42. The molecule has 4 rings (SSSR count). The van der Waals surface area contributed by atoms with Crippen molar-refractivity contribution in [3.8, 4) is 34.3 Å². The zero-order valence-corrected chi connectivity index (χ0v) is 19.8. The van der Waals surface area contributed by atoms with Crippen LogP contribution in [0.15, 0.2) is 71.9 Å². The number of methoxy groups -OCH3 is 3. The summed E-state index contributed by atoms with van der Waals surface area (Å²) in [6.45, 7) is 0. The summed E-state index contributed by atoms with van der Waals surface area (Å²) < 4.78 is 32.9. The van der Waals surface area contributed by atoms with Gasteiger partial charge in [0.1, 0.15) is 5.82 Å². The summed E-state index contributed by atoms with van der Waals surface area (Å²) in [6, 6.07) is 19.2. The highest BCUT2D eigenvalue weighted by molar-refractivity contribution is 7.99. The van der Waals surface area contributed by atoms with E-state index in [1.807, 2.05) is 30.3 Å². The molecule has 7 nitrogen and oxygen atoms in total. The predicted molar refractivity (Wildman–Crippen MR) is 129 cm³/mol. The highest BCUT2D eigenvalue weighted by Gasteiger charge is 2.23. The molecule has 0 bridgehead atoms. The van der Waals surface area contributed by atoms with E-state index in [-0.39, 0.29) is 5.69 Å². The van der Waals surface area contributed by atoms with Gasteiger partial charge < -0.3 is 19.3 Å². The Kier molecular flexibility index (Phi) is 7.34. The fourth-order valence-electron chi connectivity index (χ4n) is 3.54. The Morgan fingerprint density at radius 1 is 0.912 bits per heavy atom. The maximum atomic E-state index is 14.9. The fraction of sp³-hybridized carbons (Fsp3) is 0.200. The maximum Gasteiger partial charge on any atom is 0.203 e. The van der Waals surface area contributed by atoms with Crippen molar-refractivity contribution in [3.05, 3.63) is 78.1 Å². The fourth-order valence-corrected chi connectivity index (χ4v) is 4.45. The van der Waals surface area contributed by atoms with Gasteiger partial charge in [-0.1, -0.05) is 54.2 Å². The van der Waals surface area contributed by atoms with Gasteiger partial charge in [0.15, 0.2) is 22.5 Å². The van der Waals surface area contributed by atoms with Crippen molar-refractivity contribution in [1.29, 1.82) is 0 Å². The Morgan fingerprint density at radius 3 is 2.18 bits per heavy atom. The smallest absolute Gasteiger partial charge is 0.203 e. The van der Waals surface area contributed by atoms with E-state index in [0.717, 1.165) is 5.56 Å². The second kappa shape index (κ2) is 10.6. The highest BCUT2D eigenvalue weighted by atomic mass is 32.2. The van der Waals surface area contributed by atoms with Gasteiger partial charge in [-0.25, -0.2) is 4.39 Å². The van der Waals surface area contributed by atoms with Gasteiger partial charge in [-0.15, -0.1) is 10.2 Å². The van der Waals surface area contributed by atoms with Crippen molar-refractivity contribution in [2.75, 3.05) is 27.1 Å². The van der Waals surface area contributed by atoms with Crippen LogP contribution in [-0.4, -0.2) is 47.0 Å². The van der Waals surface area contributed by atoms with Gasteiger partial charge in [0.25, 0.3) is 0 Å². The van der Waals surface area contributed by atoms with Crippen LogP contribution in [-0.2, 0) is 0 Å². The molecule has 0 saturated carbocycles. The van der Waals surface area contributed by atoms with Crippen LogP contribution < -0.4 is 14.2 Å². The third-order valence-electron chi connectivity index (χ3n) is 5.20. The van der Waals surface area contributed by atoms with Gasteiger partial charge in [-0.3, -0.25) is 4.57 Å². The SMILES string of the molecule is COc1cc(-c2nnc(SC[C@H](O)c3ccccc3)n2-c2ccccc2F)cc(OC)c1OC.